The number of H-pyrrole nitrogens is 1. The Kier molecular flexibility index (Phi) is 7.16. The van der Waals surface area contributed by atoms with E-state index in [-0.39, 0.29) is 0 Å². The van der Waals surface area contributed by atoms with Crippen LogP contribution in [0.1, 0.15) is 17.8 Å². The molecule has 9 heteroatoms. The highest BCUT2D eigenvalue weighted by atomic mass is 16.5. The van der Waals surface area contributed by atoms with Crippen molar-refractivity contribution in [1.82, 2.24) is 25.3 Å². The number of aromatic amines is 1. The predicted octanol–water partition coefficient (Wildman–Crippen LogP) is 2.50. The van der Waals surface area contributed by atoms with Crippen molar-refractivity contribution >= 4 is 16.9 Å². The molecule has 32 heavy (non-hydrogen) atoms. The van der Waals surface area contributed by atoms with Gasteiger partial charge in [-0.2, -0.15) is 0 Å². The van der Waals surface area contributed by atoms with Gasteiger partial charge in [0.2, 0.25) is 0 Å². The van der Waals surface area contributed by atoms with Gasteiger partial charge in [-0.05, 0) is 18.9 Å². The zero-order valence-electron chi connectivity index (χ0n) is 19.1. The molecule has 0 bridgehead atoms. The summed E-state index contributed by atoms with van der Waals surface area (Å²) in [6.45, 7) is 5.54. The van der Waals surface area contributed by atoms with Crippen LogP contribution in [0.3, 0.4) is 0 Å². The Balaban J connectivity index is 1.24. The van der Waals surface area contributed by atoms with Crippen molar-refractivity contribution in [2.45, 2.75) is 19.4 Å². The van der Waals surface area contributed by atoms with E-state index in [0.29, 0.717) is 0 Å². The van der Waals surface area contributed by atoms with Gasteiger partial charge in [-0.25, -0.2) is 0 Å². The lowest BCUT2D eigenvalue weighted by molar-refractivity contribution is 0.169. The number of piperazine rings is 1. The van der Waals surface area contributed by atoms with Crippen molar-refractivity contribution in [2.24, 2.45) is 4.99 Å². The van der Waals surface area contributed by atoms with E-state index in [1.54, 1.807) is 20.5 Å². The molecule has 2 aromatic heterocycles. The first-order valence-corrected chi connectivity index (χ1v) is 11.0. The van der Waals surface area contributed by atoms with Gasteiger partial charge in [0.1, 0.15) is 17.8 Å². The summed E-state index contributed by atoms with van der Waals surface area (Å²) < 4.78 is 15.8. The molecule has 0 unspecified atom stereocenters. The second kappa shape index (κ2) is 10.4. The molecule has 0 radical (unpaired) electrons. The highest BCUT2D eigenvalue weighted by Gasteiger charge is 2.20. The number of hydrogen-bond acceptors (Lipinski definition) is 6. The number of nitrogens with one attached hydrogen (secondary N) is 2. The molecule has 0 aliphatic carbocycles. The summed E-state index contributed by atoms with van der Waals surface area (Å²) in [6.07, 6.45) is 3.56. The number of benzene rings is 1. The van der Waals surface area contributed by atoms with E-state index in [4.69, 9.17) is 14.0 Å². The van der Waals surface area contributed by atoms with Gasteiger partial charge in [0.05, 0.1) is 25.4 Å². The number of hydrogen-bond donors (Lipinski definition) is 2. The van der Waals surface area contributed by atoms with Gasteiger partial charge in [0.25, 0.3) is 0 Å². The Bertz CT molecular complexity index is 1020. The van der Waals surface area contributed by atoms with Crippen LogP contribution in [0.2, 0.25) is 0 Å². The minimum atomic E-state index is 0.786. The van der Waals surface area contributed by atoms with Crippen molar-refractivity contribution in [3.63, 3.8) is 0 Å². The van der Waals surface area contributed by atoms with E-state index in [0.717, 1.165) is 86.2 Å². The Morgan fingerprint density at radius 2 is 2.03 bits per heavy atom. The highest BCUT2D eigenvalue weighted by molar-refractivity contribution is 5.88. The van der Waals surface area contributed by atoms with Crippen LogP contribution in [0.15, 0.2) is 40.0 Å². The van der Waals surface area contributed by atoms with Gasteiger partial charge in [-0.15, -0.1) is 0 Å². The largest absolute Gasteiger partial charge is 0.497 e. The zero-order valence-corrected chi connectivity index (χ0v) is 19.1. The highest BCUT2D eigenvalue weighted by Crippen LogP contribution is 2.31. The number of guanidine groups is 1. The van der Waals surface area contributed by atoms with E-state index in [1.165, 1.54) is 5.69 Å². The number of rotatable bonds is 8. The second-order valence-electron chi connectivity index (χ2n) is 7.92. The molecule has 0 amide bonds. The molecule has 1 aromatic carbocycles. The van der Waals surface area contributed by atoms with Crippen molar-refractivity contribution in [3.05, 3.63) is 41.9 Å². The second-order valence-corrected chi connectivity index (χ2v) is 7.92. The van der Waals surface area contributed by atoms with E-state index in [1.807, 2.05) is 25.2 Å². The van der Waals surface area contributed by atoms with E-state index < -0.39 is 0 Å². The third kappa shape index (κ3) is 5.16. The summed E-state index contributed by atoms with van der Waals surface area (Å²) in [5.74, 6) is 2.58. The molecule has 0 atom stereocenters. The molecule has 1 aliphatic rings. The summed E-state index contributed by atoms with van der Waals surface area (Å²) in [6, 6.07) is 8.00. The molecule has 1 fully saturated rings. The fourth-order valence-corrected chi connectivity index (χ4v) is 4.14. The molecule has 172 valence electrons. The number of nitrogens with zero attached hydrogens (tertiary/aromatic N) is 4. The average molecular weight is 441 g/mol. The standard InChI is InChI=1S/C23H32N6O3/c1-24-23(29-10-8-28(9-11-29)16-18-6-12-32-27-18)25-7-4-5-17-13-20-21(26-17)14-19(30-2)15-22(20)31-3/h6,12-15,26H,4-5,7-11,16H2,1-3H3,(H,24,25). The maximum atomic E-state index is 5.51. The molecule has 0 saturated carbocycles. The minimum absolute atomic E-state index is 0.786. The Labute approximate surface area is 188 Å². The Morgan fingerprint density at radius 1 is 1.19 bits per heavy atom. The third-order valence-electron chi connectivity index (χ3n) is 5.85. The Morgan fingerprint density at radius 3 is 2.72 bits per heavy atom. The van der Waals surface area contributed by atoms with Crippen LogP contribution >= 0.6 is 0 Å². The molecule has 9 nitrogen and oxygen atoms in total. The van der Waals surface area contributed by atoms with Crippen molar-refractivity contribution in [2.75, 3.05) is 54.0 Å². The van der Waals surface area contributed by atoms with E-state index in [2.05, 4.69) is 36.3 Å². The van der Waals surface area contributed by atoms with Crippen molar-refractivity contribution in [3.8, 4) is 11.5 Å². The van der Waals surface area contributed by atoms with Crippen LogP contribution in [0.5, 0.6) is 11.5 Å². The molecule has 3 heterocycles. The molecule has 0 spiro atoms. The molecular weight excluding hydrogens is 408 g/mol. The van der Waals surface area contributed by atoms with Crippen LogP contribution in [-0.4, -0.2) is 79.9 Å². The quantitative estimate of drug-likeness (QED) is 0.316. The normalized spacial score (nSPS) is 15.3. The van der Waals surface area contributed by atoms with Gasteiger partial charge < -0.3 is 29.2 Å². The first-order chi connectivity index (χ1) is 15.7. The predicted molar refractivity (Wildman–Crippen MR) is 124 cm³/mol. The summed E-state index contributed by atoms with van der Waals surface area (Å²) >= 11 is 0. The molecule has 1 aliphatic heterocycles. The number of fused-ring (bicyclic) bond motifs is 1. The lowest BCUT2D eigenvalue weighted by Crippen LogP contribution is -2.52. The smallest absolute Gasteiger partial charge is 0.193 e. The fourth-order valence-electron chi connectivity index (χ4n) is 4.14. The minimum Gasteiger partial charge on any atom is -0.497 e. The van der Waals surface area contributed by atoms with Gasteiger partial charge in [-0.1, -0.05) is 5.16 Å². The average Bonchev–Trinajstić information content (AvgIpc) is 3.48. The lowest BCUT2D eigenvalue weighted by atomic mass is 10.2. The van der Waals surface area contributed by atoms with Crippen LogP contribution < -0.4 is 14.8 Å². The van der Waals surface area contributed by atoms with E-state index >= 15 is 0 Å². The van der Waals surface area contributed by atoms with E-state index in [9.17, 15) is 0 Å². The molecule has 4 rings (SSSR count). The van der Waals surface area contributed by atoms with Crippen molar-refractivity contribution < 1.29 is 14.0 Å². The number of ether oxygens (including phenoxy) is 2. The first kappa shape index (κ1) is 22.0. The summed E-state index contributed by atoms with van der Waals surface area (Å²) in [4.78, 5) is 12.7. The molecule has 1 saturated heterocycles. The molecular formula is C23H32N6O3. The van der Waals surface area contributed by atoms with Gasteiger partial charge in [0, 0.05) is 75.6 Å². The monoisotopic (exact) mass is 440 g/mol. The van der Waals surface area contributed by atoms with Gasteiger partial charge in [-0.3, -0.25) is 9.89 Å². The SMILES string of the molecule is CN=C(NCCCc1cc2c(OC)cc(OC)cc2[nH]1)N1CCN(Cc2ccon2)CC1. The summed E-state index contributed by atoms with van der Waals surface area (Å²) in [5.41, 5.74) is 3.20. The summed E-state index contributed by atoms with van der Waals surface area (Å²) in [7, 11) is 5.20. The number of methoxy groups -OCH3 is 2. The maximum absolute atomic E-state index is 5.51. The summed E-state index contributed by atoms with van der Waals surface area (Å²) in [5, 5.41) is 8.60. The Hall–Kier alpha value is -3.20. The first-order valence-electron chi connectivity index (χ1n) is 11.0. The van der Waals surface area contributed by atoms with Crippen LogP contribution in [0.4, 0.5) is 0 Å². The zero-order chi connectivity index (χ0) is 22.3. The number of aliphatic imine (C=N–C) groups is 1. The van der Waals surface area contributed by atoms with Gasteiger partial charge in [0.15, 0.2) is 5.96 Å². The molecule has 2 N–H and O–H groups in total. The molecule has 3 aromatic rings. The van der Waals surface area contributed by atoms with Crippen LogP contribution in [-0.2, 0) is 13.0 Å². The third-order valence-corrected chi connectivity index (χ3v) is 5.85. The van der Waals surface area contributed by atoms with Crippen LogP contribution in [0.25, 0.3) is 10.9 Å². The maximum Gasteiger partial charge on any atom is 0.193 e. The lowest BCUT2D eigenvalue weighted by Gasteiger charge is -2.36. The number of aryl methyl sites for hydroxylation is 1. The van der Waals surface area contributed by atoms with Crippen LogP contribution in [0, 0.1) is 0 Å². The van der Waals surface area contributed by atoms with Crippen molar-refractivity contribution in [1.29, 1.82) is 0 Å². The number of aromatic nitrogens is 2. The van der Waals surface area contributed by atoms with Gasteiger partial charge >= 0.3 is 0 Å². The topological polar surface area (TPSA) is 91.2 Å². The fraction of sp³-hybridized carbons (Fsp3) is 0.478.